The number of carboxylic acids is 1. The molecule has 4 rings (SSSR count). The van der Waals surface area contributed by atoms with Crippen molar-refractivity contribution in [3.63, 3.8) is 0 Å². The molecule has 7 nitrogen and oxygen atoms in total. The van der Waals surface area contributed by atoms with Crippen molar-refractivity contribution in [2.75, 3.05) is 18.5 Å². The molecule has 0 unspecified atom stereocenters. The molecular formula is C27H23FN2O5. The predicted octanol–water partition coefficient (Wildman–Crippen LogP) is 4.95. The summed E-state index contributed by atoms with van der Waals surface area (Å²) < 4.78 is 19.2. The lowest BCUT2D eigenvalue weighted by Crippen LogP contribution is -2.27. The average Bonchev–Trinajstić information content (AvgIpc) is 3.16. The topological polar surface area (TPSA) is 105 Å². The quantitative estimate of drug-likeness (QED) is 0.421. The van der Waals surface area contributed by atoms with E-state index < -0.39 is 29.4 Å². The Labute approximate surface area is 201 Å². The predicted molar refractivity (Wildman–Crippen MR) is 129 cm³/mol. The number of hydrogen-bond donors (Lipinski definition) is 3. The summed E-state index contributed by atoms with van der Waals surface area (Å²) in [6, 6.07) is 19.6. The standard InChI is InChI=1S/C27H23FN2O5/c1-16(25(31)30-23-12-6-11-22(28)24(23)26(32)33)13-14-29-27(34)35-15-21-19-9-4-2-7-17(19)18-8-3-5-10-20(18)21/h2-13,21H,14-15H2,1H3,(H,29,34)(H,30,31)(H,32,33)/b16-13+. The largest absolute Gasteiger partial charge is 0.478 e. The molecule has 35 heavy (non-hydrogen) atoms. The van der Waals surface area contributed by atoms with Crippen LogP contribution in [0.25, 0.3) is 11.1 Å². The zero-order chi connectivity index (χ0) is 24.9. The van der Waals surface area contributed by atoms with Crippen LogP contribution in [-0.2, 0) is 9.53 Å². The van der Waals surface area contributed by atoms with Gasteiger partial charge in [0.2, 0.25) is 0 Å². The molecule has 0 radical (unpaired) electrons. The van der Waals surface area contributed by atoms with E-state index in [0.29, 0.717) is 0 Å². The molecule has 3 aromatic carbocycles. The zero-order valence-corrected chi connectivity index (χ0v) is 18.9. The van der Waals surface area contributed by atoms with Crippen LogP contribution in [0.3, 0.4) is 0 Å². The first-order valence-corrected chi connectivity index (χ1v) is 11.0. The Morgan fingerprint density at radius 3 is 2.23 bits per heavy atom. The number of carbonyl (C=O) groups excluding carboxylic acids is 2. The summed E-state index contributed by atoms with van der Waals surface area (Å²) in [5.41, 5.74) is 3.91. The van der Waals surface area contributed by atoms with Crippen LogP contribution in [0.4, 0.5) is 14.9 Å². The van der Waals surface area contributed by atoms with Crippen molar-refractivity contribution in [2.24, 2.45) is 0 Å². The van der Waals surface area contributed by atoms with Gasteiger partial charge < -0.3 is 20.5 Å². The number of hydrogen-bond acceptors (Lipinski definition) is 4. The smallest absolute Gasteiger partial charge is 0.407 e. The van der Waals surface area contributed by atoms with Crippen molar-refractivity contribution in [2.45, 2.75) is 12.8 Å². The number of ether oxygens (including phenoxy) is 1. The van der Waals surface area contributed by atoms with Gasteiger partial charge in [0.25, 0.3) is 5.91 Å². The summed E-state index contributed by atoms with van der Waals surface area (Å²) >= 11 is 0. The third-order valence-electron chi connectivity index (χ3n) is 5.83. The van der Waals surface area contributed by atoms with Gasteiger partial charge in [0.1, 0.15) is 18.0 Å². The molecule has 8 heteroatoms. The van der Waals surface area contributed by atoms with E-state index in [4.69, 9.17) is 4.74 Å². The van der Waals surface area contributed by atoms with Gasteiger partial charge in [-0.25, -0.2) is 14.0 Å². The Balaban J connectivity index is 1.32. The third-order valence-corrected chi connectivity index (χ3v) is 5.83. The van der Waals surface area contributed by atoms with Gasteiger partial charge in [0.15, 0.2) is 0 Å². The molecular weight excluding hydrogens is 451 g/mol. The summed E-state index contributed by atoms with van der Waals surface area (Å²) in [6.07, 6.45) is 0.825. The monoisotopic (exact) mass is 474 g/mol. The van der Waals surface area contributed by atoms with Crippen LogP contribution in [0.15, 0.2) is 78.4 Å². The molecule has 0 bridgehead atoms. The molecule has 0 atom stereocenters. The number of rotatable bonds is 7. The highest BCUT2D eigenvalue weighted by Gasteiger charge is 2.29. The fraction of sp³-hybridized carbons (Fsp3) is 0.148. The number of amides is 2. The van der Waals surface area contributed by atoms with E-state index >= 15 is 0 Å². The molecule has 3 N–H and O–H groups in total. The third kappa shape index (κ3) is 5.06. The highest BCUT2D eigenvalue weighted by molar-refractivity contribution is 6.07. The molecule has 0 heterocycles. The number of fused-ring (bicyclic) bond motifs is 3. The summed E-state index contributed by atoms with van der Waals surface area (Å²) in [6.45, 7) is 1.68. The number of nitrogens with one attached hydrogen (secondary N) is 2. The van der Waals surface area contributed by atoms with E-state index in [-0.39, 0.29) is 30.3 Å². The van der Waals surface area contributed by atoms with Crippen molar-refractivity contribution in [1.29, 1.82) is 0 Å². The Kier molecular flexibility index (Phi) is 6.91. The number of carbonyl (C=O) groups is 3. The van der Waals surface area contributed by atoms with Gasteiger partial charge in [0, 0.05) is 18.0 Å². The minimum atomic E-state index is -1.49. The number of halogens is 1. The van der Waals surface area contributed by atoms with Crippen LogP contribution < -0.4 is 10.6 Å². The van der Waals surface area contributed by atoms with Crippen molar-refractivity contribution in [3.05, 3.63) is 101 Å². The summed E-state index contributed by atoms with van der Waals surface area (Å²) in [4.78, 5) is 35.9. The van der Waals surface area contributed by atoms with Crippen LogP contribution in [0.5, 0.6) is 0 Å². The average molecular weight is 474 g/mol. The summed E-state index contributed by atoms with van der Waals surface area (Å²) in [5.74, 6) is -3.12. The fourth-order valence-electron chi connectivity index (χ4n) is 4.10. The number of aromatic carboxylic acids is 1. The van der Waals surface area contributed by atoms with Crippen LogP contribution in [0, 0.1) is 5.82 Å². The Morgan fingerprint density at radius 2 is 1.60 bits per heavy atom. The Morgan fingerprint density at radius 1 is 0.971 bits per heavy atom. The number of benzene rings is 3. The molecule has 2 amide bonds. The first-order valence-electron chi connectivity index (χ1n) is 11.0. The minimum absolute atomic E-state index is 0.0187. The van der Waals surface area contributed by atoms with E-state index in [1.165, 1.54) is 25.1 Å². The minimum Gasteiger partial charge on any atom is -0.478 e. The summed E-state index contributed by atoms with van der Waals surface area (Å²) in [5, 5.41) is 14.1. The van der Waals surface area contributed by atoms with E-state index in [1.807, 2.05) is 36.4 Å². The second kappa shape index (κ2) is 10.2. The summed E-state index contributed by atoms with van der Waals surface area (Å²) in [7, 11) is 0. The lowest BCUT2D eigenvalue weighted by molar-refractivity contribution is -0.112. The Bertz CT molecular complexity index is 1290. The van der Waals surface area contributed by atoms with Gasteiger partial charge in [-0.3, -0.25) is 4.79 Å². The molecule has 0 saturated carbocycles. The molecule has 1 aliphatic rings. The lowest BCUT2D eigenvalue weighted by atomic mass is 9.98. The maximum Gasteiger partial charge on any atom is 0.407 e. The number of alkyl carbamates (subject to hydrolysis) is 1. The molecule has 178 valence electrons. The van der Waals surface area contributed by atoms with Crippen LogP contribution in [0.1, 0.15) is 34.3 Å². The second-order valence-corrected chi connectivity index (χ2v) is 8.02. The van der Waals surface area contributed by atoms with Gasteiger partial charge in [-0.05, 0) is 41.3 Å². The highest BCUT2D eigenvalue weighted by atomic mass is 19.1. The van der Waals surface area contributed by atoms with Gasteiger partial charge in [-0.1, -0.05) is 60.7 Å². The van der Waals surface area contributed by atoms with E-state index in [1.54, 1.807) is 0 Å². The maximum atomic E-state index is 13.8. The van der Waals surface area contributed by atoms with Crippen molar-refractivity contribution in [3.8, 4) is 11.1 Å². The molecule has 0 aromatic heterocycles. The molecule has 1 aliphatic carbocycles. The van der Waals surface area contributed by atoms with Gasteiger partial charge in [-0.2, -0.15) is 0 Å². The first kappa shape index (κ1) is 23.7. The van der Waals surface area contributed by atoms with E-state index in [9.17, 15) is 23.9 Å². The van der Waals surface area contributed by atoms with Crippen molar-refractivity contribution < 1.29 is 28.6 Å². The molecule has 0 saturated heterocycles. The SMILES string of the molecule is C/C(=C\CNC(=O)OCC1c2ccccc2-c2ccccc21)C(=O)Nc1cccc(F)c1C(=O)O. The van der Waals surface area contributed by atoms with Crippen LogP contribution >= 0.6 is 0 Å². The highest BCUT2D eigenvalue weighted by Crippen LogP contribution is 2.44. The maximum absolute atomic E-state index is 13.8. The first-order chi connectivity index (χ1) is 16.9. The van der Waals surface area contributed by atoms with Gasteiger partial charge >= 0.3 is 12.1 Å². The van der Waals surface area contributed by atoms with Gasteiger partial charge in [-0.15, -0.1) is 0 Å². The van der Waals surface area contributed by atoms with Crippen molar-refractivity contribution >= 4 is 23.7 Å². The normalized spacial score (nSPS) is 12.5. The molecule has 3 aromatic rings. The van der Waals surface area contributed by atoms with E-state index in [2.05, 4.69) is 22.8 Å². The number of anilines is 1. The van der Waals surface area contributed by atoms with Crippen LogP contribution in [0.2, 0.25) is 0 Å². The lowest BCUT2D eigenvalue weighted by Gasteiger charge is -2.14. The zero-order valence-electron chi connectivity index (χ0n) is 18.9. The van der Waals surface area contributed by atoms with Gasteiger partial charge in [0.05, 0.1) is 5.69 Å². The Hall–Kier alpha value is -4.46. The van der Waals surface area contributed by atoms with Crippen molar-refractivity contribution in [1.82, 2.24) is 5.32 Å². The number of carboxylic acid groups (broad SMARTS) is 1. The molecule has 0 spiro atoms. The molecule has 0 fully saturated rings. The van der Waals surface area contributed by atoms with Crippen LogP contribution in [-0.4, -0.2) is 36.2 Å². The fourth-order valence-corrected chi connectivity index (χ4v) is 4.10. The second-order valence-electron chi connectivity index (χ2n) is 8.02. The van der Waals surface area contributed by atoms with E-state index in [0.717, 1.165) is 28.3 Å². The molecule has 0 aliphatic heterocycles.